The minimum Gasteiger partial charge on any atom is -0.497 e. The van der Waals surface area contributed by atoms with Gasteiger partial charge in [0.15, 0.2) is 5.96 Å². The second-order valence-corrected chi connectivity index (χ2v) is 8.21. The molecule has 8 nitrogen and oxygen atoms in total. The Morgan fingerprint density at radius 3 is 2.58 bits per heavy atom. The summed E-state index contributed by atoms with van der Waals surface area (Å²) in [6.07, 6.45) is 2.81. The highest BCUT2D eigenvalue weighted by Crippen LogP contribution is 2.31. The number of hydrogen-bond donors (Lipinski definition) is 3. The van der Waals surface area contributed by atoms with E-state index in [9.17, 15) is 0 Å². The largest absolute Gasteiger partial charge is 0.497 e. The lowest BCUT2D eigenvalue weighted by molar-refractivity contribution is 0.398. The topological polar surface area (TPSA) is 88.5 Å². The number of nitrogens with zero attached hydrogens (tertiary/aromatic N) is 3. The van der Waals surface area contributed by atoms with Crippen molar-refractivity contribution in [3.8, 4) is 11.5 Å². The van der Waals surface area contributed by atoms with Gasteiger partial charge in [0.05, 0.1) is 25.4 Å². The third-order valence-corrected chi connectivity index (χ3v) is 5.88. The van der Waals surface area contributed by atoms with E-state index in [0.717, 1.165) is 59.9 Å². The fourth-order valence-corrected chi connectivity index (χ4v) is 4.04. The predicted molar refractivity (Wildman–Crippen MR) is 145 cm³/mol. The number of rotatable bonds is 9. The van der Waals surface area contributed by atoms with Crippen LogP contribution in [0.5, 0.6) is 11.5 Å². The van der Waals surface area contributed by atoms with Gasteiger partial charge in [-0.15, -0.1) is 24.0 Å². The van der Waals surface area contributed by atoms with E-state index in [4.69, 9.17) is 9.47 Å². The van der Waals surface area contributed by atoms with Crippen LogP contribution in [0.15, 0.2) is 23.2 Å². The van der Waals surface area contributed by atoms with E-state index < -0.39 is 0 Å². The van der Waals surface area contributed by atoms with E-state index in [-0.39, 0.29) is 30.0 Å². The fraction of sp³-hybridized carbons (Fsp3) is 0.500. The molecule has 1 aromatic carbocycles. The van der Waals surface area contributed by atoms with Gasteiger partial charge in [-0.1, -0.05) is 0 Å². The lowest BCUT2D eigenvalue weighted by atomic mass is 10.1. The Hall–Kier alpha value is -2.43. The number of fused-ring (bicyclic) bond motifs is 1. The van der Waals surface area contributed by atoms with E-state index in [2.05, 4.69) is 52.5 Å². The van der Waals surface area contributed by atoms with Crippen molar-refractivity contribution in [3.63, 3.8) is 0 Å². The van der Waals surface area contributed by atoms with Crippen LogP contribution in [0.4, 0.5) is 0 Å². The number of aryl methyl sites for hydroxylation is 3. The number of benzene rings is 1. The molecule has 0 fully saturated rings. The van der Waals surface area contributed by atoms with Crippen molar-refractivity contribution in [1.82, 2.24) is 25.4 Å². The van der Waals surface area contributed by atoms with Crippen LogP contribution in [0.25, 0.3) is 10.9 Å². The number of H-pyrrole nitrogens is 1. The second-order valence-electron chi connectivity index (χ2n) is 8.21. The van der Waals surface area contributed by atoms with Crippen LogP contribution >= 0.6 is 24.0 Å². The van der Waals surface area contributed by atoms with Crippen LogP contribution in [0.2, 0.25) is 0 Å². The number of aliphatic imine (C=N–C) groups is 1. The van der Waals surface area contributed by atoms with Gasteiger partial charge in [0, 0.05) is 55.6 Å². The molecule has 0 radical (unpaired) electrons. The molecule has 182 valence electrons. The fourth-order valence-electron chi connectivity index (χ4n) is 4.04. The smallest absolute Gasteiger partial charge is 0.191 e. The molecule has 0 aliphatic heterocycles. The molecule has 9 heteroatoms. The van der Waals surface area contributed by atoms with Crippen molar-refractivity contribution in [3.05, 3.63) is 40.8 Å². The normalized spacial score (nSPS) is 12.4. The molecule has 0 saturated carbocycles. The maximum absolute atomic E-state index is 5.51. The van der Waals surface area contributed by atoms with E-state index in [1.54, 1.807) is 21.3 Å². The molecule has 0 bridgehead atoms. The van der Waals surface area contributed by atoms with Crippen molar-refractivity contribution in [1.29, 1.82) is 0 Å². The molecule has 33 heavy (non-hydrogen) atoms. The molecule has 0 saturated heterocycles. The average molecular weight is 569 g/mol. The average Bonchev–Trinajstić information content (AvgIpc) is 3.30. The van der Waals surface area contributed by atoms with Gasteiger partial charge >= 0.3 is 0 Å². The Morgan fingerprint density at radius 2 is 1.97 bits per heavy atom. The number of methoxy groups -OCH3 is 2. The third kappa shape index (κ3) is 6.55. The Labute approximate surface area is 213 Å². The first-order valence-electron chi connectivity index (χ1n) is 11.1. The summed E-state index contributed by atoms with van der Waals surface area (Å²) >= 11 is 0. The second kappa shape index (κ2) is 12.2. The molecule has 2 heterocycles. The molecule has 3 N–H and O–H groups in total. The summed E-state index contributed by atoms with van der Waals surface area (Å²) in [6.45, 7) is 7.18. The first kappa shape index (κ1) is 26.8. The first-order chi connectivity index (χ1) is 15.4. The molecule has 0 aliphatic rings. The summed E-state index contributed by atoms with van der Waals surface area (Å²) in [4.78, 5) is 7.85. The maximum atomic E-state index is 5.51. The van der Waals surface area contributed by atoms with Gasteiger partial charge in [-0.25, -0.2) is 0 Å². The Kier molecular flexibility index (Phi) is 9.87. The highest BCUT2D eigenvalue weighted by atomic mass is 127. The van der Waals surface area contributed by atoms with Gasteiger partial charge in [-0.3, -0.25) is 9.67 Å². The summed E-state index contributed by atoms with van der Waals surface area (Å²) in [5.41, 5.74) is 5.80. The molecule has 0 amide bonds. The minimum atomic E-state index is 0. The quantitative estimate of drug-likeness (QED) is 0.158. The highest BCUT2D eigenvalue weighted by molar-refractivity contribution is 14.0. The van der Waals surface area contributed by atoms with E-state index >= 15 is 0 Å². The zero-order chi connectivity index (χ0) is 23.3. The van der Waals surface area contributed by atoms with E-state index in [1.165, 1.54) is 17.0 Å². The molecular formula is C24H37IN6O2. The Morgan fingerprint density at radius 1 is 1.21 bits per heavy atom. The summed E-state index contributed by atoms with van der Waals surface area (Å²) in [5.74, 6) is 2.42. The molecule has 1 unspecified atom stereocenters. The van der Waals surface area contributed by atoms with Crippen LogP contribution in [-0.4, -0.2) is 54.6 Å². The van der Waals surface area contributed by atoms with Crippen LogP contribution in [-0.2, 0) is 19.9 Å². The van der Waals surface area contributed by atoms with Crippen LogP contribution in [0, 0.1) is 13.8 Å². The monoisotopic (exact) mass is 568 g/mol. The van der Waals surface area contributed by atoms with Crippen molar-refractivity contribution in [2.75, 3.05) is 27.8 Å². The van der Waals surface area contributed by atoms with Gasteiger partial charge in [-0.05, 0) is 51.7 Å². The summed E-state index contributed by atoms with van der Waals surface area (Å²) < 4.78 is 12.8. The SMILES string of the molecule is CN=C(NCCCc1cc2c(OC)cc(OC)cc2[nH]1)NC(C)Cc1c(C)nn(C)c1C.I. The maximum Gasteiger partial charge on any atom is 0.191 e. The number of ether oxygens (including phenoxy) is 2. The zero-order valence-corrected chi connectivity index (χ0v) is 23.0. The number of nitrogens with one attached hydrogen (secondary N) is 3. The number of halogens is 1. The van der Waals surface area contributed by atoms with Crippen LogP contribution in [0.3, 0.4) is 0 Å². The van der Waals surface area contributed by atoms with Gasteiger partial charge in [0.25, 0.3) is 0 Å². The third-order valence-electron chi connectivity index (χ3n) is 5.88. The molecule has 2 aromatic heterocycles. The molecule has 3 aromatic rings. The predicted octanol–water partition coefficient (Wildman–Crippen LogP) is 3.88. The molecule has 0 aliphatic carbocycles. The lowest BCUT2D eigenvalue weighted by Gasteiger charge is -2.18. The number of aromatic nitrogens is 3. The molecular weight excluding hydrogens is 531 g/mol. The summed E-state index contributed by atoms with van der Waals surface area (Å²) in [7, 11) is 7.14. The van der Waals surface area contributed by atoms with Crippen LogP contribution < -0.4 is 20.1 Å². The van der Waals surface area contributed by atoms with Crippen molar-refractivity contribution in [2.24, 2.45) is 12.0 Å². The van der Waals surface area contributed by atoms with Crippen LogP contribution in [0.1, 0.15) is 36.0 Å². The number of hydrogen-bond acceptors (Lipinski definition) is 4. The van der Waals surface area contributed by atoms with Crippen molar-refractivity contribution >= 4 is 40.8 Å². The first-order valence-corrected chi connectivity index (χ1v) is 11.1. The van der Waals surface area contributed by atoms with E-state index in [1.807, 2.05) is 23.9 Å². The highest BCUT2D eigenvalue weighted by Gasteiger charge is 2.14. The van der Waals surface area contributed by atoms with Crippen molar-refractivity contribution < 1.29 is 9.47 Å². The molecule has 3 rings (SSSR count). The molecule has 1 atom stereocenters. The summed E-state index contributed by atoms with van der Waals surface area (Å²) in [6, 6.07) is 6.31. The van der Waals surface area contributed by atoms with Gasteiger partial charge < -0.3 is 25.1 Å². The standard InChI is InChI=1S/C24H36N6O2.HI/c1-15(11-20-16(2)29-30(5)17(20)3)27-24(25-4)26-10-8-9-18-12-21-22(28-18)13-19(31-6)14-23(21)32-7;/h12-15,28H,8-11H2,1-7H3,(H2,25,26,27);1H. The minimum absolute atomic E-state index is 0. The number of aromatic amines is 1. The zero-order valence-electron chi connectivity index (χ0n) is 20.7. The van der Waals surface area contributed by atoms with E-state index in [0.29, 0.717) is 0 Å². The van der Waals surface area contributed by atoms with Gasteiger partial charge in [0.2, 0.25) is 0 Å². The Bertz CT molecular complexity index is 1090. The number of guanidine groups is 1. The van der Waals surface area contributed by atoms with Gasteiger partial charge in [0.1, 0.15) is 11.5 Å². The Balaban J connectivity index is 0.00000385. The molecule has 0 spiro atoms. The summed E-state index contributed by atoms with van der Waals surface area (Å²) in [5, 5.41) is 12.5. The lowest BCUT2D eigenvalue weighted by Crippen LogP contribution is -2.43. The van der Waals surface area contributed by atoms with Gasteiger partial charge in [-0.2, -0.15) is 5.10 Å². The van der Waals surface area contributed by atoms with Crippen molar-refractivity contribution in [2.45, 2.75) is 46.1 Å².